The van der Waals surface area contributed by atoms with E-state index in [1.165, 1.54) is 17.4 Å². The van der Waals surface area contributed by atoms with E-state index in [1.807, 2.05) is 24.3 Å². The van der Waals surface area contributed by atoms with E-state index in [9.17, 15) is 9.18 Å². The predicted molar refractivity (Wildman–Crippen MR) is 125 cm³/mol. The van der Waals surface area contributed by atoms with E-state index in [0.29, 0.717) is 60.7 Å². The number of hydrogen-bond donors (Lipinski definition) is 0. The first-order valence-electron chi connectivity index (χ1n) is 10.8. The highest BCUT2D eigenvalue weighted by Crippen LogP contribution is 2.27. The summed E-state index contributed by atoms with van der Waals surface area (Å²) in [5.41, 5.74) is 1.60. The van der Waals surface area contributed by atoms with Gasteiger partial charge in [-0.15, -0.1) is 11.3 Å². The molecule has 174 valence electrons. The number of hydrogen-bond acceptors (Lipinski definition) is 8. The number of amides is 1. The number of rotatable bonds is 6. The lowest BCUT2D eigenvalue weighted by Crippen LogP contribution is -2.48. The van der Waals surface area contributed by atoms with Gasteiger partial charge in [0, 0.05) is 42.7 Å². The van der Waals surface area contributed by atoms with Crippen molar-refractivity contribution in [1.29, 1.82) is 0 Å². The van der Waals surface area contributed by atoms with Gasteiger partial charge in [-0.3, -0.25) is 9.69 Å². The molecule has 0 bridgehead atoms. The maximum atomic E-state index is 14.0. The van der Waals surface area contributed by atoms with E-state index in [1.54, 1.807) is 35.6 Å². The second-order valence-corrected chi connectivity index (χ2v) is 8.68. The van der Waals surface area contributed by atoms with Crippen LogP contribution in [0.1, 0.15) is 16.4 Å². The smallest absolute Gasteiger partial charge is 0.273 e. The third kappa shape index (κ3) is 4.68. The van der Waals surface area contributed by atoms with Gasteiger partial charge in [0.05, 0.1) is 13.7 Å². The van der Waals surface area contributed by atoms with E-state index in [-0.39, 0.29) is 11.7 Å². The molecule has 2 aromatic carbocycles. The normalized spacial score (nSPS) is 14.4. The lowest BCUT2D eigenvalue weighted by molar-refractivity contribution is 0.0610. The van der Waals surface area contributed by atoms with Crippen LogP contribution >= 0.6 is 11.3 Å². The first kappa shape index (κ1) is 22.2. The zero-order chi connectivity index (χ0) is 23.5. The topological polar surface area (TPSA) is 84.6 Å². The van der Waals surface area contributed by atoms with E-state index < -0.39 is 0 Å². The van der Waals surface area contributed by atoms with Crippen LogP contribution in [0.5, 0.6) is 5.75 Å². The first-order valence-corrected chi connectivity index (χ1v) is 11.7. The van der Waals surface area contributed by atoms with Crippen molar-refractivity contribution < 1.29 is 18.4 Å². The van der Waals surface area contributed by atoms with Crippen LogP contribution in [0.3, 0.4) is 0 Å². The Labute approximate surface area is 199 Å². The summed E-state index contributed by atoms with van der Waals surface area (Å²) >= 11 is 1.27. The second kappa shape index (κ2) is 9.70. The summed E-state index contributed by atoms with van der Waals surface area (Å²) in [5.74, 6) is 1.33. The summed E-state index contributed by atoms with van der Waals surface area (Å²) < 4.78 is 24.6. The summed E-state index contributed by atoms with van der Waals surface area (Å²) in [4.78, 5) is 25.7. The molecule has 34 heavy (non-hydrogen) atoms. The molecular formula is C24H22FN5O3S. The number of benzene rings is 2. The standard InChI is InChI=1S/C24H22FN5O3S/c1-32-17-8-6-16(7-9-17)22-27-21(33-28-22)14-29-10-12-30(13-11-29)24(31)20-15-34-23(26-20)18-4-2-3-5-19(18)25/h2-9,15H,10-14H2,1H3. The van der Waals surface area contributed by atoms with Gasteiger partial charge < -0.3 is 14.2 Å². The van der Waals surface area contributed by atoms with Gasteiger partial charge in [-0.05, 0) is 36.4 Å². The summed E-state index contributed by atoms with van der Waals surface area (Å²) in [6, 6.07) is 13.9. The fourth-order valence-corrected chi connectivity index (χ4v) is 4.59. The Morgan fingerprint density at radius 2 is 1.85 bits per heavy atom. The first-order chi connectivity index (χ1) is 16.6. The molecule has 1 aliphatic rings. The van der Waals surface area contributed by atoms with Crippen LogP contribution in [0.15, 0.2) is 58.4 Å². The molecule has 1 aliphatic heterocycles. The fourth-order valence-electron chi connectivity index (χ4n) is 3.77. The van der Waals surface area contributed by atoms with Gasteiger partial charge in [0.1, 0.15) is 22.3 Å². The Morgan fingerprint density at radius 3 is 2.59 bits per heavy atom. The zero-order valence-electron chi connectivity index (χ0n) is 18.5. The Kier molecular flexibility index (Phi) is 6.33. The number of ether oxygens (including phenoxy) is 1. The number of carbonyl (C=O) groups excluding carboxylic acids is 1. The largest absolute Gasteiger partial charge is 0.497 e. The SMILES string of the molecule is COc1ccc(-c2noc(CN3CCN(C(=O)c4csc(-c5ccccc5F)n4)CC3)n2)cc1. The predicted octanol–water partition coefficient (Wildman–Crippen LogP) is 3.97. The quantitative estimate of drug-likeness (QED) is 0.414. The van der Waals surface area contributed by atoms with E-state index in [2.05, 4.69) is 20.0 Å². The van der Waals surface area contributed by atoms with Gasteiger partial charge >= 0.3 is 0 Å². The number of nitrogens with zero attached hydrogens (tertiary/aromatic N) is 5. The molecule has 2 aromatic heterocycles. The molecule has 5 rings (SSSR count). The van der Waals surface area contributed by atoms with Crippen LogP contribution in [-0.4, -0.2) is 64.1 Å². The van der Waals surface area contributed by atoms with Gasteiger partial charge in [0.15, 0.2) is 0 Å². The van der Waals surface area contributed by atoms with Crippen molar-refractivity contribution in [2.24, 2.45) is 0 Å². The number of piperazine rings is 1. The monoisotopic (exact) mass is 479 g/mol. The van der Waals surface area contributed by atoms with Crippen LogP contribution in [0.2, 0.25) is 0 Å². The molecule has 0 aliphatic carbocycles. The number of halogens is 1. The van der Waals surface area contributed by atoms with Crippen molar-refractivity contribution in [3.63, 3.8) is 0 Å². The van der Waals surface area contributed by atoms with Crippen LogP contribution in [0.4, 0.5) is 4.39 Å². The maximum Gasteiger partial charge on any atom is 0.273 e. The molecule has 4 aromatic rings. The van der Waals surface area contributed by atoms with E-state index in [4.69, 9.17) is 9.26 Å². The van der Waals surface area contributed by atoms with Crippen molar-refractivity contribution in [3.8, 4) is 27.7 Å². The summed E-state index contributed by atoms with van der Waals surface area (Å²) in [7, 11) is 1.62. The molecule has 8 nitrogen and oxygen atoms in total. The third-order valence-corrected chi connectivity index (χ3v) is 6.54. The molecule has 0 saturated carbocycles. The van der Waals surface area contributed by atoms with Crippen molar-refractivity contribution in [2.75, 3.05) is 33.3 Å². The summed E-state index contributed by atoms with van der Waals surface area (Å²) in [6.45, 7) is 2.99. The molecule has 10 heteroatoms. The van der Waals surface area contributed by atoms with Crippen LogP contribution in [-0.2, 0) is 6.54 Å². The molecule has 3 heterocycles. The number of aromatic nitrogens is 3. The van der Waals surface area contributed by atoms with E-state index in [0.717, 1.165) is 11.3 Å². The van der Waals surface area contributed by atoms with Crippen molar-refractivity contribution in [2.45, 2.75) is 6.54 Å². The molecule has 0 unspecified atom stereocenters. The molecule has 1 saturated heterocycles. The minimum absolute atomic E-state index is 0.141. The molecule has 1 amide bonds. The third-order valence-electron chi connectivity index (χ3n) is 5.66. The molecule has 0 radical (unpaired) electrons. The maximum absolute atomic E-state index is 14.0. The zero-order valence-corrected chi connectivity index (χ0v) is 19.3. The van der Waals surface area contributed by atoms with Crippen LogP contribution in [0.25, 0.3) is 22.0 Å². The van der Waals surface area contributed by atoms with Gasteiger partial charge in [0.2, 0.25) is 11.7 Å². The van der Waals surface area contributed by atoms with Gasteiger partial charge in [-0.2, -0.15) is 4.98 Å². The molecular weight excluding hydrogens is 457 g/mol. The van der Waals surface area contributed by atoms with Gasteiger partial charge in [-0.1, -0.05) is 17.3 Å². The van der Waals surface area contributed by atoms with Crippen LogP contribution < -0.4 is 4.74 Å². The highest BCUT2D eigenvalue weighted by Gasteiger charge is 2.25. The minimum atomic E-state index is -0.347. The average Bonchev–Trinajstić information content (AvgIpc) is 3.55. The minimum Gasteiger partial charge on any atom is -0.497 e. The van der Waals surface area contributed by atoms with E-state index >= 15 is 0 Å². The average molecular weight is 480 g/mol. The molecule has 0 N–H and O–H groups in total. The van der Waals surface area contributed by atoms with Crippen molar-refractivity contribution in [3.05, 3.63) is 71.3 Å². The highest BCUT2D eigenvalue weighted by molar-refractivity contribution is 7.13. The Hall–Kier alpha value is -3.63. The fraction of sp³-hybridized carbons (Fsp3) is 0.250. The van der Waals surface area contributed by atoms with Crippen molar-refractivity contribution >= 4 is 17.2 Å². The Bertz CT molecular complexity index is 1280. The summed E-state index contributed by atoms with van der Waals surface area (Å²) in [5, 5.41) is 6.27. The summed E-state index contributed by atoms with van der Waals surface area (Å²) in [6.07, 6.45) is 0. The lowest BCUT2D eigenvalue weighted by atomic mass is 10.2. The van der Waals surface area contributed by atoms with Crippen molar-refractivity contribution in [1.82, 2.24) is 24.9 Å². The van der Waals surface area contributed by atoms with Gasteiger partial charge in [0.25, 0.3) is 5.91 Å². The Morgan fingerprint density at radius 1 is 1.09 bits per heavy atom. The lowest BCUT2D eigenvalue weighted by Gasteiger charge is -2.33. The van der Waals surface area contributed by atoms with Gasteiger partial charge in [-0.25, -0.2) is 9.37 Å². The number of thiazole rings is 1. The molecule has 0 spiro atoms. The molecule has 1 fully saturated rings. The molecule has 0 atom stereocenters. The van der Waals surface area contributed by atoms with Crippen LogP contribution in [0, 0.1) is 5.82 Å². The number of carbonyl (C=O) groups is 1. The second-order valence-electron chi connectivity index (χ2n) is 7.83. The Balaban J connectivity index is 1.17. The number of methoxy groups -OCH3 is 1. The highest BCUT2D eigenvalue weighted by atomic mass is 32.1.